The zero-order chi connectivity index (χ0) is 29.2. The molecule has 41 heavy (non-hydrogen) atoms. The molecule has 1 aromatic heterocycles. The fourth-order valence-electron chi connectivity index (χ4n) is 4.78. The Kier molecular flexibility index (Phi) is 10.4. The number of piperazine rings is 1. The number of anilines is 1. The highest BCUT2D eigenvalue weighted by Gasteiger charge is 2.31. The van der Waals surface area contributed by atoms with E-state index in [9.17, 15) is 24.3 Å². The van der Waals surface area contributed by atoms with Gasteiger partial charge in [-0.05, 0) is 32.6 Å². The van der Waals surface area contributed by atoms with E-state index in [0.29, 0.717) is 11.6 Å². The van der Waals surface area contributed by atoms with E-state index in [2.05, 4.69) is 15.2 Å². The van der Waals surface area contributed by atoms with Crippen molar-refractivity contribution >= 4 is 29.8 Å². The minimum Gasteiger partial charge on any atom is -0.481 e. The standard InChI is InChI=1S/C28H36N6O7/c1-2-40-28(39)41-34-17-15-33(16-18-34)27(38)21(11-12-24(35)36)30-26(37)22-19-23(32-13-7-4-8-14-32)31-25(29-22)20-9-5-3-6-10-20/h3,5-6,9-10,19,21H,2,4,7-8,11-18H2,1H3,(H,30,37)(H,35,36)/t21-/m0/s1. The second-order valence-corrected chi connectivity index (χ2v) is 9.84. The molecule has 1 aromatic carbocycles. The number of ether oxygens (including phenoxy) is 1. The number of nitrogens with one attached hydrogen (secondary N) is 1. The van der Waals surface area contributed by atoms with Crippen LogP contribution >= 0.6 is 0 Å². The van der Waals surface area contributed by atoms with Crippen LogP contribution in [0.2, 0.25) is 0 Å². The van der Waals surface area contributed by atoms with Crippen LogP contribution in [-0.2, 0) is 19.2 Å². The lowest BCUT2D eigenvalue weighted by atomic mass is 10.1. The smallest absolute Gasteiger partial charge is 0.481 e. The van der Waals surface area contributed by atoms with Crippen molar-refractivity contribution in [3.05, 3.63) is 42.1 Å². The molecule has 0 unspecified atom stereocenters. The molecule has 2 N–H and O–H groups in total. The van der Waals surface area contributed by atoms with E-state index in [1.807, 2.05) is 30.3 Å². The molecular formula is C28H36N6O7. The molecule has 3 heterocycles. The molecule has 0 aliphatic carbocycles. The van der Waals surface area contributed by atoms with Gasteiger partial charge in [-0.3, -0.25) is 14.4 Å². The third-order valence-electron chi connectivity index (χ3n) is 6.92. The van der Waals surface area contributed by atoms with Crippen LogP contribution in [0.15, 0.2) is 36.4 Å². The molecule has 0 radical (unpaired) electrons. The molecule has 2 saturated heterocycles. The van der Waals surface area contributed by atoms with Gasteiger partial charge in [0.05, 0.1) is 19.7 Å². The summed E-state index contributed by atoms with van der Waals surface area (Å²) in [6.07, 6.45) is 1.97. The van der Waals surface area contributed by atoms with Gasteiger partial charge in [-0.25, -0.2) is 14.8 Å². The third-order valence-corrected chi connectivity index (χ3v) is 6.92. The van der Waals surface area contributed by atoms with Crippen molar-refractivity contribution in [1.29, 1.82) is 0 Å². The molecule has 2 aliphatic rings. The van der Waals surface area contributed by atoms with Crippen molar-refractivity contribution in [2.75, 3.05) is 50.8 Å². The lowest BCUT2D eigenvalue weighted by molar-refractivity contribution is -0.157. The molecular weight excluding hydrogens is 532 g/mol. The number of hydroxylamine groups is 2. The van der Waals surface area contributed by atoms with E-state index in [1.165, 1.54) is 9.96 Å². The predicted octanol–water partition coefficient (Wildman–Crippen LogP) is 2.33. The predicted molar refractivity (Wildman–Crippen MR) is 148 cm³/mol. The van der Waals surface area contributed by atoms with Gasteiger partial charge in [0.2, 0.25) is 5.91 Å². The van der Waals surface area contributed by atoms with E-state index in [0.717, 1.165) is 37.9 Å². The molecule has 13 nitrogen and oxygen atoms in total. The summed E-state index contributed by atoms with van der Waals surface area (Å²) in [5.41, 5.74) is 0.849. The molecule has 0 spiro atoms. The summed E-state index contributed by atoms with van der Waals surface area (Å²) < 4.78 is 4.78. The first kappa shape index (κ1) is 29.7. The van der Waals surface area contributed by atoms with Gasteiger partial charge in [-0.2, -0.15) is 0 Å². The summed E-state index contributed by atoms with van der Waals surface area (Å²) >= 11 is 0. The maximum absolute atomic E-state index is 13.5. The molecule has 220 valence electrons. The monoisotopic (exact) mass is 568 g/mol. The van der Waals surface area contributed by atoms with E-state index in [-0.39, 0.29) is 51.3 Å². The Balaban J connectivity index is 1.51. The highest BCUT2D eigenvalue weighted by atomic mass is 16.8. The average Bonchev–Trinajstić information content (AvgIpc) is 3.00. The number of carboxylic acids is 1. The SMILES string of the molecule is CCOC(=O)ON1CCN(C(=O)[C@H](CCC(=O)O)NC(=O)c2cc(N3CCCCC3)nc(-c3ccccc3)n2)CC1. The third kappa shape index (κ3) is 8.37. The number of nitrogens with zero attached hydrogens (tertiary/aromatic N) is 5. The normalized spacial score (nSPS) is 16.5. The number of carbonyl (C=O) groups is 4. The molecule has 1 atom stereocenters. The quantitative estimate of drug-likeness (QED) is 0.406. The van der Waals surface area contributed by atoms with Crippen LogP contribution < -0.4 is 10.2 Å². The summed E-state index contributed by atoms with van der Waals surface area (Å²) in [4.78, 5) is 67.9. The molecule has 2 aromatic rings. The first-order valence-electron chi connectivity index (χ1n) is 13.9. The number of hydrogen-bond acceptors (Lipinski definition) is 10. The number of carbonyl (C=O) groups excluding carboxylic acids is 3. The molecule has 2 amide bonds. The highest BCUT2D eigenvalue weighted by Crippen LogP contribution is 2.23. The molecule has 13 heteroatoms. The molecule has 2 fully saturated rings. The summed E-state index contributed by atoms with van der Waals surface area (Å²) in [5.74, 6) is -1.05. The fourth-order valence-corrected chi connectivity index (χ4v) is 4.78. The second kappa shape index (κ2) is 14.4. The summed E-state index contributed by atoms with van der Waals surface area (Å²) in [6, 6.07) is 9.88. The van der Waals surface area contributed by atoms with Crippen molar-refractivity contribution in [2.45, 2.75) is 45.1 Å². The Morgan fingerprint density at radius 3 is 2.34 bits per heavy atom. The number of benzene rings is 1. The van der Waals surface area contributed by atoms with Gasteiger partial charge in [0.15, 0.2) is 5.82 Å². The van der Waals surface area contributed by atoms with Crippen molar-refractivity contribution in [2.24, 2.45) is 0 Å². The van der Waals surface area contributed by atoms with Crippen molar-refractivity contribution in [1.82, 2.24) is 25.2 Å². The number of amides is 2. The zero-order valence-electron chi connectivity index (χ0n) is 23.2. The number of piperidine rings is 1. The Labute approximate surface area is 238 Å². The fraction of sp³-hybridized carbons (Fsp3) is 0.500. The van der Waals surface area contributed by atoms with Crippen molar-refractivity contribution in [3.8, 4) is 11.4 Å². The topological polar surface area (TPSA) is 154 Å². The number of hydrogen-bond donors (Lipinski definition) is 2. The largest absolute Gasteiger partial charge is 0.527 e. The Morgan fingerprint density at radius 2 is 1.68 bits per heavy atom. The minimum absolute atomic E-state index is 0.0882. The second-order valence-electron chi connectivity index (χ2n) is 9.84. The van der Waals surface area contributed by atoms with E-state index >= 15 is 0 Å². The number of carboxylic acid groups (broad SMARTS) is 1. The van der Waals surface area contributed by atoms with E-state index in [4.69, 9.17) is 14.6 Å². The number of aliphatic carboxylic acids is 1. The maximum Gasteiger partial charge on any atom is 0.527 e. The van der Waals surface area contributed by atoms with Gasteiger partial charge in [0, 0.05) is 44.2 Å². The Bertz CT molecular complexity index is 1210. The van der Waals surface area contributed by atoms with Gasteiger partial charge < -0.3 is 29.8 Å². The van der Waals surface area contributed by atoms with E-state index < -0.39 is 30.0 Å². The van der Waals surface area contributed by atoms with Crippen LogP contribution in [-0.4, -0.2) is 101 Å². The van der Waals surface area contributed by atoms with Crippen LogP contribution in [0.3, 0.4) is 0 Å². The minimum atomic E-state index is -1.08. The summed E-state index contributed by atoms with van der Waals surface area (Å²) in [5, 5.41) is 13.4. The number of rotatable bonds is 10. The highest BCUT2D eigenvalue weighted by molar-refractivity contribution is 5.97. The molecule has 0 saturated carbocycles. The van der Waals surface area contributed by atoms with Gasteiger partial charge in [0.1, 0.15) is 17.6 Å². The van der Waals surface area contributed by atoms with Crippen LogP contribution in [0.25, 0.3) is 11.4 Å². The van der Waals surface area contributed by atoms with Gasteiger partial charge in [0.25, 0.3) is 5.91 Å². The molecule has 0 bridgehead atoms. The van der Waals surface area contributed by atoms with Gasteiger partial charge in [-0.15, -0.1) is 5.06 Å². The van der Waals surface area contributed by atoms with Crippen LogP contribution in [0.4, 0.5) is 10.6 Å². The van der Waals surface area contributed by atoms with Gasteiger partial charge >= 0.3 is 12.1 Å². The first-order valence-corrected chi connectivity index (χ1v) is 13.9. The molecule has 2 aliphatic heterocycles. The van der Waals surface area contributed by atoms with Crippen LogP contribution in [0.5, 0.6) is 0 Å². The first-order chi connectivity index (χ1) is 19.8. The van der Waals surface area contributed by atoms with E-state index in [1.54, 1.807) is 13.0 Å². The van der Waals surface area contributed by atoms with Crippen LogP contribution in [0.1, 0.15) is 49.5 Å². The Morgan fingerprint density at radius 1 is 0.976 bits per heavy atom. The van der Waals surface area contributed by atoms with Crippen molar-refractivity contribution in [3.63, 3.8) is 0 Å². The maximum atomic E-state index is 13.5. The average molecular weight is 569 g/mol. The lowest BCUT2D eigenvalue weighted by Gasteiger charge is -2.35. The van der Waals surface area contributed by atoms with Crippen LogP contribution in [0, 0.1) is 0 Å². The Hall–Kier alpha value is -4.26. The number of aromatic nitrogens is 2. The summed E-state index contributed by atoms with van der Waals surface area (Å²) in [6.45, 7) is 4.43. The van der Waals surface area contributed by atoms with Crippen molar-refractivity contribution < 1.29 is 33.9 Å². The summed E-state index contributed by atoms with van der Waals surface area (Å²) in [7, 11) is 0. The zero-order valence-corrected chi connectivity index (χ0v) is 23.2. The lowest BCUT2D eigenvalue weighted by Crippen LogP contribution is -2.55. The van der Waals surface area contributed by atoms with Gasteiger partial charge in [-0.1, -0.05) is 30.3 Å². The molecule has 4 rings (SSSR count).